The first-order valence-corrected chi connectivity index (χ1v) is 7.94. The second kappa shape index (κ2) is 23.8. The fourth-order valence-electron chi connectivity index (χ4n) is 1.14. The zero-order valence-electron chi connectivity index (χ0n) is 18.1. The summed E-state index contributed by atoms with van der Waals surface area (Å²) in [5, 5.41) is 39.9. The van der Waals surface area contributed by atoms with Crippen LogP contribution in [0, 0.1) is 0 Å². The molecule has 160 valence electrons. The van der Waals surface area contributed by atoms with E-state index in [1.807, 2.05) is 0 Å². The molecule has 8 nitrogen and oxygen atoms in total. The first-order valence-electron chi connectivity index (χ1n) is 7.94. The first-order chi connectivity index (χ1) is 12.5. The zero-order chi connectivity index (χ0) is 23.4. The van der Waals surface area contributed by atoms with Crippen LogP contribution in [0.15, 0.2) is 47.3 Å². The number of carbonyl (C=O) groups is 4. The molecular formula is C20H28O8Zr. The van der Waals surface area contributed by atoms with E-state index >= 15 is 0 Å². The largest absolute Gasteiger partial charge is 4.00 e. The van der Waals surface area contributed by atoms with Gasteiger partial charge in [-0.05, 0) is 52.0 Å². The van der Waals surface area contributed by atoms with Gasteiger partial charge in [0.1, 0.15) is 0 Å². The van der Waals surface area contributed by atoms with Crippen molar-refractivity contribution in [1.29, 1.82) is 0 Å². The van der Waals surface area contributed by atoms with E-state index < -0.39 is 0 Å². The molecule has 0 saturated heterocycles. The molecule has 0 bridgehead atoms. The second-order valence-corrected chi connectivity index (χ2v) is 5.46. The van der Waals surface area contributed by atoms with Gasteiger partial charge in [-0.25, -0.2) is 0 Å². The maximum absolute atomic E-state index is 9.98. The summed E-state index contributed by atoms with van der Waals surface area (Å²) in [6.45, 7) is 10.8. The van der Waals surface area contributed by atoms with E-state index in [2.05, 4.69) is 0 Å². The van der Waals surface area contributed by atoms with E-state index in [1.165, 1.54) is 55.4 Å². The maximum Gasteiger partial charge on any atom is 4.00 e. The molecule has 0 heterocycles. The first kappa shape index (κ1) is 37.5. The average molecular weight is 488 g/mol. The fraction of sp³-hybridized carbons (Fsp3) is 0.400. The van der Waals surface area contributed by atoms with Crippen LogP contribution in [0.25, 0.3) is 0 Å². The zero-order valence-corrected chi connectivity index (χ0v) is 20.5. The van der Waals surface area contributed by atoms with Gasteiger partial charge in [0.05, 0.1) is 0 Å². The number of carbonyl (C=O) groups excluding carboxylic acids is 4. The molecule has 0 amide bonds. The van der Waals surface area contributed by atoms with Gasteiger partial charge in [0.15, 0.2) is 23.1 Å². The molecule has 29 heavy (non-hydrogen) atoms. The minimum atomic E-state index is -0.187. The van der Waals surface area contributed by atoms with E-state index in [0.29, 0.717) is 0 Å². The Morgan fingerprint density at radius 3 is 0.517 bits per heavy atom. The third-order valence-corrected chi connectivity index (χ3v) is 1.63. The van der Waals surface area contributed by atoms with Crippen molar-refractivity contribution >= 4 is 23.1 Å². The van der Waals surface area contributed by atoms with Crippen molar-refractivity contribution in [3.8, 4) is 0 Å². The average Bonchev–Trinajstić information content (AvgIpc) is 2.32. The molecule has 0 fully saturated rings. The molecule has 0 aromatic heterocycles. The molecule has 0 aliphatic heterocycles. The van der Waals surface area contributed by atoms with Crippen LogP contribution < -0.4 is 20.4 Å². The van der Waals surface area contributed by atoms with Crippen LogP contribution >= 0.6 is 0 Å². The van der Waals surface area contributed by atoms with E-state index in [4.69, 9.17) is 0 Å². The maximum atomic E-state index is 9.98. The van der Waals surface area contributed by atoms with Crippen molar-refractivity contribution in [3.05, 3.63) is 47.3 Å². The summed E-state index contributed by atoms with van der Waals surface area (Å²) in [5.74, 6) is -1.50. The molecule has 0 atom stereocenters. The van der Waals surface area contributed by atoms with Crippen molar-refractivity contribution < 1.29 is 65.8 Å². The predicted molar refractivity (Wildman–Crippen MR) is 97.8 cm³/mol. The number of allylic oxidation sites excluding steroid dienone is 8. The Morgan fingerprint density at radius 1 is 0.414 bits per heavy atom. The van der Waals surface area contributed by atoms with Crippen molar-refractivity contribution in [2.75, 3.05) is 0 Å². The number of ketones is 4. The van der Waals surface area contributed by atoms with Crippen LogP contribution in [0.2, 0.25) is 0 Å². The SMILES string of the molecule is CC(=O)C=C(C)[O-].CC(=O)C=C(C)[O-].CC(=O)C=C(C)[O-].CC(=O)C=C(C)[O-].[Zr+4]. The summed E-state index contributed by atoms with van der Waals surface area (Å²) >= 11 is 0. The van der Waals surface area contributed by atoms with Crippen LogP contribution in [0.3, 0.4) is 0 Å². The van der Waals surface area contributed by atoms with Crippen LogP contribution in [0.5, 0.6) is 0 Å². The monoisotopic (exact) mass is 486 g/mol. The summed E-state index contributed by atoms with van der Waals surface area (Å²) in [6, 6.07) is 0. The van der Waals surface area contributed by atoms with Gasteiger partial charge in [-0.1, -0.05) is 27.7 Å². The quantitative estimate of drug-likeness (QED) is 0.373. The van der Waals surface area contributed by atoms with Gasteiger partial charge < -0.3 is 20.4 Å². The van der Waals surface area contributed by atoms with Crippen LogP contribution in [-0.2, 0) is 45.4 Å². The minimum absolute atomic E-state index is 0. The van der Waals surface area contributed by atoms with Gasteiger partial charge in [-0.2, -0.15) is 0 Å². The van der Waals surface area contributed by atoms with Gasteiger partial charge in [0.2, 0.25) is 0 Å². The van der Waals surface area contributed by atoms with Crippen molar-refractivity contribution in [1.82, 2.24) is 0 Å². The molecule has 0 aliphatic rings. The summed E-state index contributed by atoms with van der Waals surface area (Å²) in [5.41, 5.74) is 0. The van der Waals surface area contributed by atoms with E-state index in [0.717, 1.165) is 24.3 Å². The molecule has 0 spiro atoms. The standard InChI is InChI=1S/4C5H8O2.Zr/c4*1-4(6)3-5(2)7;/h4*3,6H,1-2H3;/q;;;;+4/p-4. The summed E-state index contributed by atoms with van der Waals surface area (Å²) in [6.07, 6.45) is 4.22. The van der Waals surface area contributed by atoms with Crippen molar-refractivity contribution in [3.63, 3.8) is 0 Å². The normalized spacial score (nSPS) is 11.0. The van der Waals surface area contributed by atoms with Crippen LogP contribution in [0.4, 0.5) is 0 Å². The Bertz CT molecular complexity index is 513. The molecule has 0 N–H and O–H groups in total. The Hall–Kier alpha value is -2.28. The number of hydrogen-bond acceptors (Lipinski definition) is 8. The van der Waals surface area contributed by atoms with Gasteiger partial charge >= 0.3 is 26.2 Å². The minimum Gasteiger partial charge on any atom is -0.876 e. The summed E-state index contributed by atoms with van der Waals surface area (Å²) < 4.78 is 0. The fourth-order valence-corrected chi connectivity index (χ4v) is 1.14. The second-order valence-electron chi connectivity index (χ2n) is 5.46. The third kappa shape index (κ3) is 76.9. The Morgan fingerprint density at radius 2 is 0.517 bits per heavy atom. The van der Waals surface area contributed by atoms with Gasteiger partial charge in [-0.15, -0.1) is 23.0 Å². The van der Waals surface area contributed by atoms with Crippen LogP contribution in [0.1, 0.15) is 55.4 Å². The summed E-state index contributed by atoms with van der Waals surface area (Å²) in [7, 11) is 0. The number of hydrogen-bond donors (Lipinski definition) is 0. The van der Waals surface area contributed by atoms with Crippen LogP contribution in [-0.4, -0.2) is 23.1 Å². The molecule has 0 aliphatic carbocycles. The van der Waals surface area contributed by atoms with Gasteiger partial charge in [-0.3, -0.25) is 19.2 Å². The Labute approximate surface area is 191 Å². The van der Waals surface area contributed by atoms with Gasteiger partial charge in [0.25, 0.3) is 0 Å². The molecule has 0 saturated carbocycles. The van der Waals surface area contributed by atoms with Crippen molar-refractivity contribution in [2.45, 2.75) is 55.4 Å². The molecule has 0 aromatic carbocycles. The smallest absolute Gasteiger partial charge is 0.876 e. The van der Waals surface area contributed by atoms with Crippen molar-refractivity contribution in [2.24, 2.45) is 0 Å². The number of rotatable bonds is 4. The molecular weight excluding hydrogens is 459 g/mol. The molecule has 0 aromatic rings. The Balaban J connectivity index is -0.0000000873. The predicted octanol–water partition coefficient (Wildman–Crippen LogP) is -0.644. The molecule has 0 rings (SSSR count). The Kier molecular flexibility index (Phi) is 30.7. The van der Waals surface area contributed by atoms with E-state index in [9.17, 15) is 39.6 Å². The topological polar surface area (TPSA) is 161 Å². The van der Waals surface area contributed by atoms with E-state index in [-0.39, 0.29) is 72.4 Å². The molecule has 0 radical (unpaired) electrons. The molecule has 9 heteroatoms. The third-order valence-electron chi connectivity index (χ3n) is 1.63. The summed E-state index contributed by atoms with van der Waals surface area (Å²) in [4.78, 5) is 39.9. The van der Waals surface area contributed by atoms with Gasteiger partial charge in [0, 0.05) is 0 Å². The van der Waals surface area contributed by atoms with E-state index in [1.54, 1.807) is 0 Å². The molecule has 0 unspecified atom stereocenters.